The Bertz CT molecular complexity index is 281. The van der Waals surface area contributed by atoms with E-state index in [1.54, 1.807) is 0 Å². The van der Waals surface area contributed by atoms with Gasteiger partial charge in [-0.3, -0.25) is 4.79 Å². The van der Waals surface area contributed by atoms with Gasteiger partial charge in [0.2, 0.25) is 5.91 Å². The molecule has 0 aliphatic heterocycles. The average molecular weight is 245 g/mol. The zero-order valence-corrected chi connectivity index (χ0v) is 10.8. The number of thioether (sulfide) groups is 1. The smallest absolute Gasteiger partial charge is 0.326 e. The van der Waals surface area contributed by atoms with Gasteiger partial charge in [-0.05, 0) is 18.8 Å². The first-order chi connectivity index (χ1) is 7.29. The summed E-state index contributed by atoms with van der Waals surface area (Å²) in [6.07, 6.45) is 1.81. The lowest BCUT2D eigenvalue weighted by Gasteiger charge is -2.18. The van der Waals surface area contributed by atoms with Crippen molar-refractivity contribution in [2.24, 2.45) is 5.92 Å². The molecule has 4 nitrogen and oxygen atoms in total. The second-order valence-corrected chi connectivity index (χ2v) is 6.92. The van der Waals surface area contributed by atoms with Crippen LogP contribution in [0.15, 0.2) is 0 Å². The highest BCUT2D eigenvalue weighted by Crippen LogP contribution is 2.32. The van der Waals surface area contributed by atoms with E-state index >= 15 is 0 Å². The highest BCUT2D eigenvalue weighted by Gasteiger charge is 2.37. The summed E-state index contributed by atoms with van der Waals surface area (Å²) in [4.78, 5) is 22.4. The number of aliphatic carboxylic acids is 1. The summed E-state index contributed by atoms with van der Waals surface area (Å²) in [7, 11) is 0. The molecule has 0 radical (unpaired) electrons. The van der Waals surface area contributed by atoms with Gasteiger partial charge in [-0.15, -0.1) is 11.8 Å². The number of carbonyl (C=O) groups is 2. The van der Waals surface area contributed by atoms with E-state index in [1.165, 1.54) is 11.8 Å². The molecule has 1 unspecified atom stereocenters. The SMILES string of the molecule is CC(C)(C)SCC(=O)NC(C(=O)O)C1CC1. The Labute approximate surface area is 100 Å². The summed E-state index contributed by atoms with van der Waals surface area (Å²) in [6.45, 7) is 6.08. The molecule has 0 heterocycles. The van der Waals surface area contributed by atoms with Gasteiger partial charge < -0.3 is 10.4 Å². The third-order valence-corrected chi connectivity index (χ3v) is 3.58. The number of nitrogens with one attached hydrogen (secondary N) is 1. The van der Waals surface area contributed by atoms with Crippen molar-refractivity contribution in [1.29, 1.82) is 0 Å². The summed E-state index contributed by atoms with van der Waals surface area (Å²) in [6, 6.07) is -0.687. The zero-order valence-electron chi connectivity index (χ0n) is 9.95. The maximum Gasteiger partial charge on any atom is 0.326 e. The van der Waals surface area contributed by atoms with Gasteiger partial charge in [-0.1, -0.05) is 20.8 Å². The molecule has 16 heavy (non-hydrogen) atoms. The van der Waals surface area contributed by atoms with Crippen LogP contribution in [0.3, 0.4) is 0 Å². The fourth-order valence-corrected chi connectivity index (χ4v) is 1.96. The van der Waals surface area contributed by atoms with E-state index in [4.69, 9.17) is 5.11 Å². The van der Waals surface area contributed by atoms with Gasteiger partial charge in [0.25, 0.3) is 0 Å². The highest BCUT2D eigenvalue weighted by molar-refractivity contribution is 8.01. The fourth-order valence-electron chi connectivity index (χ4n) is 1.31. The minimum absolute atomic E-state index is 0.0235. The van der Waals surface area contributed by atoms with Gasteiger partial charge in [0.1, 0.15) is 6.04 Å². The van der Waals surface area contributed by atoms with Crippen molar-refractivity contribution in [1.82, 2.24) is 5.32 Å². The second-order valence-electron chi connectivity index (χ2n) is 5.12. The van der Waals surface area contributed by atoms with E-state index in [1.807, 2.05) is 20.8 Å². The molecule has 1 atom stereocenters. The maximum absolute atomic E-state index is 11.5. The van der Waals surface area contributed by atoms with Gasteiger partial charge in [-0.25, -0.2) is 4.79 Å². The fraction of sp³-hybridized carbons (Fsp3) is 0.818. The first kappa shape index (κ1) is 13.4. The number of carboxylic acids is 1. The molecule has 1 aliphatic carbocycles. The van der Waals surface area contributed by atoms with Crippen LogP contribution < -0.4 is 5.32 Å². The van der Waals surface area contributed by atoms with Crippen LogP contribution in [-0.4, -0.2) is 33.5 Å². The quantitative estimate of drug-likeness (QED) is 0.770. The second kappa shape index (κ2) is 5.08. The van der Waals surface area contributed by atoms with Crippen molar-refractivity contribution < 1.29 is 14.7 Å². The van der Waals surface area contributed by atoms with Gasteiger partial charge in [0, 0.05) is 4.75 Å². The molecule has 1 rings (SSSR count). The van der Waals surface area contributed by atoms with Crippen molar-refractivity contribution >= 4 is 23.6 Å². The third-order valence-electron chi connectivity index (χ3n) is 2.31. The highest BCUT2D eigenvalue weighted by atomic mass is 32.2. The summed E-state index contributed by atoms with van der Waals surface area (Å²) in [5.41, 5.74) is 0. The van der Waals surface area contributed by atoms with Gasteiger partial charge in [0.15, 0.2) is 0 Å². The van der Waals surface area contributed by atoms with Crippen LogP contribution in [0.25, 0.3) is 0 Å². The van der Waals surface area contributed by atoms with E-state index in [-0.39, 0.29) is 16.6 Å². The molecular weight excluding hydrogens is 226 g/mol. The summed E-state index contributed by atoms with van der Waals surface area (Å²) in [5.74, 6) is -0.642. The Kier molecular flexibility index (Phi) is 4.24. The Morgan fingerprint density at radius 3 is 2.38 bits per heavy atom. The molecular formula is C11H19NO3S. The molecule has 0 bridgehead atoms. The van der Waals surface area contributed by atoms with Crippen LogP contribution in [0.4, 0.5) is 0 Å². The molecule has 1 amide bonds. The summed E-state index contributed by atoms with van der Waals surface area (Å²) >= 11 is 1.52. The number of carbonyl (C=O) groups excluding carboxylic acids is 1. The molecule has 2 N–H and O–H groups in total. The lowest BCUT2D eigenvalue weighted by molar-refractivity contribution is -0.142. The average Bonchev–Trinajstić information content (AvgIpc) is 2.92. The van der Waals surface area contributed by atoms with Crippen molar-refractivity contribution in [2.45, 2.75) is 44.4 Å². The molecule has 92 valence electrons. The number of carboxylic acid groups (broad SMARTS) is 1. The van der Waals surface area contributed by atoms with Crippen molar-refractivity contribution in [2.75, 3.05) is 5.75 Å². The molecule has 0 aromatic heterocycles. The van der Waals surface area contributed by atoms with Crippen molar-refractivity contribution in [3.8, 4) is 0 Å². The Hall–Kier alpha value is -0.710. The normalized spacial score (nSPS) is 17.9. The van der Waals surface area contributed by atoms with Crippen molar-refractivity contribution in [3.05, 3.63) is 0 Å². The van der Waals surface area contributed by atoms with Crippen molar-refractivity contribution in [3.63, 3.8) is 0 Å². The number of hydrogen-bond donors (Lipinski definition) is 2. The van der Waals surface area contributed by atoms with Crippen LogP contribution in [0.1, 0.15) is 33.6 Å². The lowest BCUT2D eigenvalue weighted by Crippen LogP contribution is -2.43. The van der Waals surface area contributed by atoms with E-state index < -0.39 is 12.0 Å². The minimum Gasteiger partial charge on any atom is -0.480 e. The van der Waals surface area contributed by atoms with Gasteiger partial charge >= 0.3 is 5.97 Å². The summed E-state index contributed by atoms with van der Waals surface area (Å²) in [5, 5.41) is 11.5. The Balaban J connectivity index is 2.34. The zero-order chi connectivity index (χ0) is 12.3. The first-order valence-corrected chi connectivity index (χ1v) is 6.44. The maximum atomic E-state index is 11.5. The standard InChI is InChI=1S/C11H19NO3S/c1-11(2,3)16-6-8(13)12-9(10(14)15)7-4-5-7/h7,9H,4-6H2,1-3H3,(H,12,13)(H,14,15). The third kappa shape index (κ3) is 4.88. The Morgan fingerprint density at radius 2 is 2.00 bits per heavy atom. The molecule has 1 fully saturated rings. The van der Waals surface area contributed by atoms with Crippen LogP contribution in [0.5, 0.6) is 0 Å². The molecule has 0 spiro atoms. The predicted molar refractivity (Wildman–Crippen MR) is 64.5 cm³/mol. The van der Waals surface area contributed by atoms with Crippen LogP contribution in [-0.2, 0) is 9.59 Å². The topological polar surface area (TPSA) is 66.4 Å². The minimum atomic E-state index is -0.920. The number of amides is 1. The van der Waals surface area contributed by atoms with Gasteiger partial charge in [0.05, 0.1) is 5.75 Å². The van der Waals surface area contributed by atoms with E-state index in [0.717, 1.165) is 12.8 Å². The molecule has 1 aliphatic rings. The van der Waals surface area contributed by atoms with Crippen LogP contribution >= 0.6 is 11.8 Å². The molecule has 5 heteroatoms. The lowest BCUT2D eigenvalue weighted by atomic mass is 10.2. The molecule has 0 saturated heterocycles. The van der Waals surface area contributed by atoms with E-state index in [2.05, 4.69) is 5.32 Å². The summed E-state index contributed by atoms with van der Waals surface area (Å²) < 4.78 is 0.0235. The van der Waals surface area contributed by atoms with E-state index in [9.17, 15) is 9.59 Å². The number of hydrogen-bond acceptors (Lipinski definition) is 3. The molecule has 0 aromatic carbocycles. The van der Waals surface area contributed by atoms with Gasteiger partial charge in [-0.2, -0.15) is 0 Å². The number of rotatable bonds is 5. The largest absolute Gasteiger partial charge is 0.480 e. The van der Waals surface area contributed by atoms with Crippen LogP contribution in [0, 0.1) is 5.92 Å². The first-order valence-electron chi connectivity index (χ1n) is 5.46. The predicted octanol–water partition coefficient (Wildman–Crippen LogP) is 1.50. The molecule has 1 saturated carbocycles. The molecule has 0 aromatic rings. The monoisotopic (exact) mass is 245 g/mol. The van der Waals surface area contributed by atoms with E-state index in [0.29, 0.717) is 5.75 Å². The Morgan fingerprint density at radius 1 is 1.44 bits per heavy atom. The van der Waals surface area contributed by atoms with Crippen LogP contribution in [0.2, 0.25) is 0 Å².